The lowest BCUT2D eigenvalue weighted by atomic mass is 9.89. The van der Waals surface area contributed by atoms with Gasteiger partial charge in [0.1, 0.15) is 0 Å². The van der Waals surface area contributed by atoms with Crippen LogP contribution in [0, 0.1) is 0 Å². The maximum absolute atomic E-state index is 10.5. The Morgan fingerprint density at radius 2 is 1.92 bits per heavy atom. The number of aliphatic imine (C=N–C) groups is 1. The lowest BCUT2D eigenvalue weighted by molar-refractivity contribution is 0.0244. The Kier molecular flexibility index (Phi) is 4.76. The molecule has 1 heterocycles. The van der Waals surface area contributed by atoms with Gasteiger partial charge in [-0.3, -0.25) is 5.32 Å². The minimum absolute atomic E-state index is 0.00594. The quantitative estimate of drug-likeness (QED) is 0.853. The smallest absolute Gasteiger partial charge is 0.221 e. The second kappa shape index (κ2) is 6.81. The van der Waals surface area contributed by atoms with Crippen LogP contribution in [-0.2, 0) is 10.5 Å². The van der Waals surface area contributed by atoms with Crippen molar-refractivity contribution in [3.05, 3.63) is 59.5 Å². The molecule has 1 aliphatic carbocycles. The van der Waals surface area contributed by atoms with Crippen LogP contribution in [0.5, 0.6) is 0 Å². The Hall–Kier alpha value is -2.07. The van der Waals surface area contributed by atoms with Crippen LogP contribution >= 0.6 is 0 Å². The summed E-state index contributed by atoms with van der Waals surface area (Å²) < 4.78 is 6.33. The van der Waals surface area contributed by atoms with E-state index in [0.29, 0.717) is 23.1 Å². The molecule has 1 atom stereocenters. The average Bonchev–Trinajstić information content (AvgIpc) is 2.60. The van der Waals surface area contributed by atoms with Crippen molar-refractivity contribution >= 4 is 5.90 Å². The second-order valence-corrected chi connectivity index (χ2v) is 6.77. The number of hydrogen-bond donors (Lipinski definition) is 2. The van der Waals surface area contributed by atoms with Crippen molar-refractivity contribution < 1.29 is 9.84 Å². The molecule has 1 aliphatic heterocycles. The summed E-state index contributed by atoms with van der Waals surface area (Å²) in [4.78, 5) is 4.17. The van der Waals surface area contributed by atoms with Crippen molar-refractivity contribution in [3.63, 3.8) is 0 Å². The average molecular weight is 326 g/mol. The van der Waals surface area contributed by atoms with Gasteiger partial charge < -0.3 is 9.84 Å². The molecule has 1 saturated carbocycles. The van der Waals surface area contributed by atoms with Gasteiger partial charge in [-0.1, -0.05) is 56.2 Å². The van der Waals surface area contributed by atoms with Crippen LogP contribution < -0.4 is 5.32 Å². The first-order chi connectivity index (χ1) is 11.5. The van der Waals surface area contributed by atoms with Crippen molar-refractivity contribution in [2.45, 2.75) is 57.7 Å². The fourth-order valence-corrected chi connectivity index (χ4v) is 3.47. The zero-order valence-corrected chi connectivity index (χ0v) is 14.5. The minimum atomic E-state index is -0.899. The van der Waals surface area contributed by atoms with Gasteiger partial charge in [-0.05, 0) is 26.7 Å². The fraction of sp³-hybridized carbons (Fsp3) is 0.450. The van der Waals surface area contributed by atoms with E-state index < -0.39 is 5.72 Å². The van der Waals surface area contributed by atoms with Gasteiger partial charge >= 0.3 is 0 Å². The largest absolute Gasteiger partial charge is 0.493 e. The summed E-state index contributed by atoms with van der Waals surface area (Å²) in [7, 11) is 0. The van der Waals surface area contributed by atoms with E-state index in [1.54, 1.807) is 0 Å². The van der Waals surface area contributed by atoms with Crippen molar-refractivity contribution in [1.29, 1.82) is 0 Å². The van der Waals surface area contributed by atoms with Crippen molar-refractivity contribution in [2.24, 2.45) is 4.99 Å². The molecular formula is C20H26N2O2. The lowest BCUT2D eigenvalue weighted by Crippen LogP contribution is -2.53. The van der Waals surface area contributed by atoms with Crippen LogP contribution in [0.4, 0.5) is 0 Å². The number of nitrogens with zero attached hydrogens (tertiary/aromatic N) is 1. The molecule has 128 valence electrons. The Balaban J connectivity index is 2.05. The van der Waals surface area contributed by atoms with Crippen LogP contribution in [0.25, 0.3) is 0 Å². The predicted octanol–water partition coefficient (Wildman–Crippen LogP) is 4.56. The van der Waals surface area contributed by atoms with Gasteiger partial charge in [-0.25, -0.2) is 0 Å². The molecule has 0 radical (unpaired) electrons. The number of rotatable bonds is 4. The first-order valence-corrected chi connectivity index (χ1v) is 8.70. The van der Waals surface area contributed by atoms with Crippen LogP contribution in [0.3, 0.4) is 0 Å². The molecule has 0 spiro atoms. The van der Waals surface area contributed by atoms with Crippen molar-refractivity contribution in [3.8, 4) is 0 Å². The number of benzene rings is 1. The summed E-state index contributed by atoms with van der Waals surface area (Å²) in [6, 6.07) is 10.3. The van der Waals surface area contributed by atoms with Crippen molar-refractivity contribution in [2.75, 3.05) is 0 Å². The molecular weight excluding hydrogens is 300 g/mol. The summed E-state index contributed by atoms with van der Waals surface area (Å²) in [5.74, 6) is 0.386. The molecule has 1 aromatic carbocycles. The van der Waals surface area contributed by atoms with Gasteiger partial charge in [0.2, 0.25) is 17.5 Å². The summed E-state index contributed by atoms with van der Waals surface area (Å²) in [6.45, 7) is 7.64. The third-order valence-corrected chi connectivity index (χ3v) is 4.88. The first kappa shape index (κ1) is 16.8. The number of hydrogen-bond acceptors (Lipinski definition) is 4. The molecule has 4 heteroatoms. The normalized spacial score (nSPS) is 25.2. The summed E-state index contributed by atoms with van der Waals surface area (Å²) in [6.07, 6.45) is 5.96. The molecule has 1 unspecified atom stereocenters. The molecule has 0 saturated heterocycles. The SMILES string of the molecule is C=C(C)C1=NC(O)=C(C)C(NC2CCCCC2)(c2ccccc2)O1. The molecule has 0 aromatic heterocycles. The van der Waals surface area contributed by atoms with Crippen LogP contribution in [0.2, 0.25) is 0 Å². The van der Waals surface area contributed by atoms with Gasteiger partial charge in [0.15, 0.2) is 0 Å². The highest BCUT2D eigenvalue weighted by molar-refractivity contribution is 5.94. The standard InChI is InChI=1S/C20H26N2O2/c1-14(2)19-21-18(23)15(3)20(24-19,16-10-6-4-7-11-16)22-17-12-8-5-9-13-17/h4,6-7,10-11,17,22-23H,1,5,8-9,12-13H2,2-3H3. The van der Waals surface area contributed by atoms with E-state index in [4.69, 9.17) is 4.74 Å². The molecule has 1 fully saturated rings. The van der Waals surface area contributed by atoms with Gasteiger partial charge in [0, 0.05) is 17.2 Å². The summed E-state index contributed by atoms with van der Waals surface area (Å²) in [5, 5.41) is 14.1. The van der Waals surface area contributed by atoms with Crippen molar-refractivity contribution in [1.82, 2.24) is 5.32 Å². The van der Waals surface area contributed by atoms with Gasteiger partial charge in [-0.15, -0.1) is 0 Å². The molecule has 2 N–H and O–H groups in total. The number of aliphatic hydroxyl groups is 1. The highest BCUT2D eigenvalue weighted by Crippen LogP contribution is 2.38. The monoisotopic (exact) mass is 326 g/mol. The molecule has 0 bridgehead atoms. The Bertz CT molecular complexity index is 672. The van der Waals surface area contributed by atoms with Crippen LogP contribution in [0.1, 0.15) is 51.5 Å². The third-order valence-electron chi connectivity index (χ3n) is 4.88. The zero-order valence-electron chi connectivity index (χ0n) is 14.5. The predicted molar refractivity (Wildman–Crippen MR) is 96.8 cm³/mol. The summed E-state index contributed by atoms with van der Waals surface area (Å²) in [5.41, 5.74) is 1.45. The maximum Gasteiger partial charge on any atom is 0.221 e. The van der Waals surface area contributed by atoms with Crippen LogP contribution in [0.15, 0.2) is 58.9 Å². The Morgan fingerprint density at radius 1 is 1.25 bits per heavy atom. The first-order valence-electron chi connectivity index (χ1n) is 8.70. The van der Waals surface area contributed by atoms with E-state index in [0.717, 1.165) is 18.4 Å². The number of ether oxygens (including phenoxy) is 1. The van der Waals surface area contributed by atoms with Gasteiger partial charge in [-0.2, -0.15) is 4.99 Å². The Labute approximate surface area is 144 Å². The van der Waals surface area contributed by atoms with Gasteiger partial charge in [0.25, 0.3) is 0 Å². The topological polar surface area (TPSA) is 53.9 Å². The number of aliphatic hydroxyl groups excluding tert-OH is 1. The molecule has 3 rings (SSSR count). The third kappa shape index (κ3) is 3.11. The van der Waals surface area contributed by atoms with E-state index in [1.165, 1.54) is 19.3 Å². The highest BCUT2D eigenvalue weighted by atomic mass is 16.5. The zero-order chi connectivity index (χ0) is 17.2. The molecule has 1 aromatic rings. The van der Waals surface area contributed by atoms with E-state index >= 15 is 0 Å². The molecule has 24 heavy (non-hydrogen) atoms. The number of nitrogens with one attached hydrogen (secondary N) is 1. The van der Waals surface area contributed by atoms with E-state index in [-0.39, 0.29) is 5.88 Å². The fourth-order valence-electron chi connectivity index (χ4n) is 3.47. The molecule has 4 nitrogen and oxygen atoms in total. The minimum Gasteiger partial charge on any atom is -0.493 e. The Morgan fingerprint density at radius 3 is 2.54 bits per heavy atom. The van der Waals surface area contributed by atoms with E-state index in [9.17, 15) is 5.11 Å². The molecule has 2 aliphatic rings. The molecule has 0 amide bonds. The second-order valence-electron chi connectivity index (χ2n) is 6.77. The highest BCUT2D eigenvalue weighted by Gasteiger charge is 2.44. The van der Waals surface area contributed by atoms with E-state index in [2.05, 4.69) is 16.9 Å². The van der Waals surface area contributed by atoms with Gasteiger partial charge in [0.05, 0.1) is 5.57 Å². The maximum atomic E-state index is 10.5. The van der Waals surface area contributed by atoms with Crippen LogP contribution in [-0.4, -0.2) is 17.0 Å². The van der Waals surface area contributed by atoms with E-state index in [1.807, 2.05) is 44.2 Å². The summed E-state index contributed by atoms with van der Waals surface area (Å²) >= 11 is 0. The lowest BCUT2D eigenvalue weighted by Gasteiger charge is -2.42.